The standard InChI is InChI=1S/C13H16BrNO.C3H7NO2/c1-7-8-3-12(14)13(16-2)4-9(8)11-6-15-5-10(7)11;1-2-4-3(5)6/h3-4,7,10-11,15H,5-6H2,1-2H3;4H,2H2,1H3,(H,5,6)/p-1. The van der Waals surface area contributed by atoms with Gasteiger partial charge in [0.15, 0.2) is 0 Å². The van der Waals surface area contributed by atoms with Crippen LogP contribution in [0.2, 0.25) is 0 Å². The molecular weight excluding hydrogens is 348 g/mol. The summed E-state index contributed by atoms with van der Waals surface area (Å²) in [7, 11) is 1.73. The lowest BCUT2D eigenvalue weighted by Gasteiger charge is -2.12. The van der Waals surface area contributed by atoms with Gasteiger partial charge < -0.3 is 25.3 Å². The average Bonchev–Trinajstić information content (AvgIpc) is 3.03. The molecule has 1 aliphatic carbocycles. The molecule has 0 aromatic heterocycles. The monoisotopic (exact) mass is 369 g/mol. The minimum absolute atomic E-state index is 0.419. The van der Waals surface area contributed by atoms with E-state index in [4.69, 9.17) is 4.74 Å². The minimum atomic E-state index is -1.21. The fourth-order valence-electron chi connectivity index (χ4n) is 3.40. The van der Waals surface area contributed by atoms with E-state index < -0.39 is 6.09 Å². The van der Waals surface area contributed by atoms with Gasteiger partial charge in [-0.3, -0.25) is 0 Å². The minimum Gasteiger partial charge on any atom is -0.530 e. The summed E-state index contributed by atoms with van der Waals surface area (Å²) in [6.45, 7) is 6.72. The maximum atomic E-state index is 9.38. The fourth-order valence-corrected chi connectivity index (χ4v) is 3.92. The van der Waals surface area contributed by atoms with Crippen molar-refractivity contribution in [3.05, 3.63) is 27.7 Å². The van der Waals surface area contributed by atoms with Gasteiger partial charge in [0.1, 0.15) is 11.8 Å². The third-order valence-corrected chi connectivity index (χ3v) is 5.09. The Morgan fingerprint density at radius 2 is 2.18 bits per heavy atom. The molecule has 1 amide bonds. The third kappa shape index (κ3) is 3.38. The van der Waals surface area contributed by atoms with E-state index in [1.165, 1.54) is 11.1 Å². The topological polar surface area (TPSA) is 73.4 Å². The second-order valence-corrected chi connectivity index (χ2v) is 6.51. The molecule has 6 heteroatoms. The number of hydrogen-bond acceptors (Lipinski definition) is 4. The number of methoxy groups -OCH3 is 1. The lowest BCUT2D eigenvalue weighted by atomic mass is 9.91. The van der Waals surface area contributed by atoms with E-state index in [2.05, 4.69) is 40.3 Å². The number of nitrogens with one attached hydrogen (secondary N) is 2. The fraction of sp³-hybridized carbons (Fsp3) is 0.562. The lowest BCUT2D eigenvalue weighted by molar-refractivity contribution is -0.250. The molecule has 0 radical (unpaired) electrons. The molecule has 3 unspecified atom stereocenters. The van der Waals surface area contributed by atoms with Gasteiger partial charge in [-0.05, 0) is 64.5 Å². The molecule has 1 fully saturated rings. The van der Waals surface area contributed by atoms with Crippen LogP contribution in [-0.2, 0) is 0 Å². The van der Waals surface area contributed by atoms with Gasteiger partial charge in [-0.15, -0.1) is 0 Å². The van der Waals surface area contributed by atoms with Gasteiger partial charge in [-0.2, -0.15) is 0 Å². The molecule has 3 rings (SSSR count). The Balaban J connectivity index is 0.000000254. The number of halogens is 1. The smallest absolute Gasteiger partial charge is 0.134 e. The Bertz CT molecular complexity index is 550. The highest BCUT2D eigenvalue weighted by molar-refractivity contribution is 9.10. The first-order valence-electron chi connectivity index (χ1n) is 7.52. The highest BCUT2D eigenvalue weighted by Crippen LogP contribution is 2.50. The summed E-state index contributed by atoms with van der Waals surface area (Å²) >= 11 is 3.58. The average molecular weight is 370 g/mol. The largest absolute Gasteiger partial charge is 0.530 e. The van der Waals surface area contributed by atoms with Crippen molar-refractivity contribution in [2.24, 2.45) is 5.92 Å². The normalized spacial score (nSPS) is 24.8. The number of amides is 1. The molecule has 1 heterocycles. The van der Waals surface area contributed by atoms with Gasteiger partial charge in [0, 0.05) is 19.0 Å². The first-order chi connectivity index (χ1) is 10.5. The van der Waals surface area contributed by atoms with Gasteiger partial charge in [0.25, 0.3) is 0 Å². The zero-order valence-corrected chi connectivity index (χ0v) is 14.7. The molecule has 0 spiro atoms. The van der Waals surface area contributed by atoms with Crippen LogP contribution in [0.1, 0.15) is 36.8 Å². The second-order valence-electron chi connectivity index (χ2n) is 5.65. The zero-order chi connectivity index (χ0) is 16.3. The zero-order valence-electron chi connectivity index (χ0n) is 13.1. The van der Waals surface area contributed by atoms with Crippen LogP contribution >= 0.6 is 15.9 Å². The van der Waals surface area contributed by atoms with Crippen LogP contribution in [0, 0.1) is 5.92 Å². The molecule has 2 N–H and O–H groups in total. The SMILES string of the molecule is CCNC(=O)[O-].COc1cc2c(cc1Br)C(C)C1CNCC21. The summed E-state index contributed by atoms with van der Waals surface area (Å²) in [6, 6.07) is 4.46. The summed E-state index contributed by atoms with van der Waals surface area (Å²) in [4.78, 5) is 9.38. The van der Waals surface area contributed by atoms with Crippen molar-refractivity contribution >= 4 is 22.0 Å². The van der Waals surface area contributed by atoms with Gasteiger partial charge in [-0.1, -0.05) is 6.92 Å². The molecule has 1 saturated heterocycles. The highest BCUT2D eigenvalue weighted by Gasteiger charge is 2.41. The number of carbonyl (C=O) groups is 1. The van der Waals surface area contributed by atoms with Crippen LogP contribution in [0.15, 0.2) is 16.6 Å². The number of carbonyl (C=O) groups excluding carboxylic acids is 1. The van der Waals surface area contributed by atoms with Crippen LogP contribution < -0.4 is 20.5 Å². The number of rotatable bonds is 2. The molecular formula is C16H22BrN2O3-. The Labute approximate surface area is 139 Å². The summed E-state index contributed by atoms with van der Waals surface area (Å²) in [6.07, 6.45) is -1.21. The Kier molecular flexibility index (Phi) is 5.69. The Morgan fingerprint density at radius 1 is 1.45 bits per heavy atom. The third-order valence-electron chi connectivity index (χ3n) is 4.47. The number of benzene rings is 1. The van der Waals surface area contributed by atoms with Crippen molar-refractivity contribution in [2.75, 3.05) is 26.7 Å². The summed E-state index contributed by atoms with van der Waals surface area (Å²) in [5.74, 6) is 3.08. The van der Waals surface area contributed by atoms with E-state index in [1.54, 1.807) is 14.0 Å². The molecule has 1 aromatic rings. The van der Waals surface area contributed by atoms with Crippen LogP contribution in [-0.4, -0.2) is 32.8 Å². The van der Waals surface area contributed by atoms with Crippen LogP contribution in [0.3, 0.4) is 0 Å². The maximum absolute atomic E-state index is 9.38. The van der Waals surface area contributed by atoms with Crippen LogP contribution in [0.5, 0.6) is 5.75 Å². The van der Waals surface area contributed by atoms with Gasteiger partial charge in [-0.25, -0.2) is 0 Å². The second kappa shape index (κ2) is 7.33. The van der Waals surface area contributed by atoms with Crippen molar-refractivity contribution in [2.45, 2.75) is 25.7 Å². The molecule has 122 valence electrons. The summed E-state index contributed by atoms with van der Waals surface area (Å²) in [5.41, 5.74) is 2.99. The first kappa shape index (κ1) is 17.1. The van der Waals surface area contributed by atoms with Gasteiger partial charge >= 0.3 is 0 Å². The van der Waals surface area contributed by atoms with E-state index in [-0.39, 0.29) is 0 Å². The van der Waals surface area contributed by atoms with E-state index in [0.29, 0.717) is 18.4 Å². The van der Waals surface area contributed by atoms with Gasteiger partial charge in [0.05, 0.1) is 11.6 Å². The molecule has 5 nitrogen and oxygen atoms in total. The molecule has 22 heavy (non-hydrogen) atoms. The van der Waals surface area contributed by atoms with Gasteiger partial charge in [0.2, 0.25) is 0 Å². The van der Waals surface area contributed by atoms with Crippen molar-refractivity contribution in [3.63, 3.8) is 0 Å². The Hall–Kier alpha value is -1.27. The van der Waals surface area contributed by atoms with E-state index in [0.717, 1.165) is 29.2 Å². The first-order valence-corrected chi connectivity index (χ1v) is 8.31. The van der Waals surface area contributed by atoms with E-state index in [9.17, 15) is 9.90 Å². The van der Waals surface area contributed by atoms with Crippen LogP contribution in [0.4, 0.5) is 4.79 Å². The summed E-state index contributed by atoms with van der Waals surface area (Å²) in [5, 5.41) is 14.9. The number of fused-ring (bicyclic) bond motifs is 3. The van der Waals surface area contributed by atoms with Crippen molar-refractivity contribution in [1.82, 2.24) is 10.6 Å². The number of ether oxygens (including phenoxy) is 1. The van der Waals surface area contributed by atoms with E-state index in [1.807, 2.05) is 5.32 Å². The van der Waals surface area contributed by atoms with E-state index >= 15 is 0 Å². The predicted octanol–water partition coefficient (Wildman–Crippen LogP) is 1.82. The molecule has 2 aliphatic rings. The Morgan fingerprint density at radius 3 is 2.73 bits per heavy atom. The van der Waals surface area contributed by atoms with Crippen molar-refractivity contribution in [3.8, 4) is 5.75 Å². The van der Waals surface area contributed by atoms with Crippen LogP contribution in [0.25, 0.3) is 0 Å². The lowest BCUT2D eigenvalue weighted by Crippen LogP contribution is -2.35. The highest BCUT2D eigenvalue weighted by atomic mass is 79.9. The number of hydrogen-bond donors (Lipinski definition) is 2. The maximum Gasteiger partial charge on any atom is 0.134 e. The predicted molar refractivity (Wildman–Crippen MR) is 87.3 cm³/mol. The van der Waals surface area contributed by atoms with Crippen molar-refractivity contribution in [1.29, 1.82) is 0 Å². The number of carboxylic acid groups (broad SMARTS) is 1. The molecule has 0 saturated carbocycles. The molecule has 1 aliphatic heterocycles. The molecule has 1 aromatic carbocycles. The summed E-state index contributed by atoms with van der Waals surface area (Å²) < 4.78 is 6.46. The molecule has 0 bridgehead atoms. The quantitative estimate of drug-likeness (QED) is 0.833. The van der Waals surface area contributed by atoms with Crippen molar-refractivity contribution < 1.29 is 14.6 Å². The molecule has 3 atom stereocenters.